The fourth-order valence-corrected chi connectivity index (χ4v) is 1.43. The molecule has 0 radical (unpaired) electrons. The smallest absolute Gasteiger partial charge is 0.212 e. The van der Waals surface area contributed by atoms with Crippen molar-refractivity contribution in [1.29, 1.82) is 0 Å². The fourth-order valence-electron chi connectivity index (χ4n) is 1.43. The fraction of sp³-hybridized carbons (Fsp3) is 0.167. The molecule has 2 heterocycles. The maximum absolute atomic E-state index is 5.00. The van der Waals surface area contributed by atoms with E-state index >= 15 is 0 Å². The number of hydrogen-bond donors (Lipinski definition) is 0. The van der Waals surface area contributed by atoms with Gasteiger partial charge in [-0.2, -0.15) is 0 Å². The molecule has 2 aromatic heterocycles. The van der Waals surface area contributed by atoms with Gasteiger partial charge >= 0.3 is 0 Å². The third-order valence-electron chi connectivity index (χ3n) is 2.23. The van der Waals surface area contributed by atoms with Crippen LogP contribution in [0, 0.1) is 6.92 Å². The molecular formula is C12H12N2O. The van der Waals surface area contributed by atoms with Gasteiger partial charge in [0.05, 0.1) is 12.8 Å². The molecule has 0 unspecified atom stereocenters. The summed E-state index contributed by atoms with van der Waals surface area (Å²) < 4.78 is 5.00. The Morgan fingerprint density at radius 1 is 1.13 bits per heavy atom. The second-order valence-corrected chi connectivity index (χ2v) is 3.26. The molecule has 0 bridgehead atoms. The minimum absolute atomic E-state index is 0.618. The Morgan fingerprint density at radius 3 is 2.60 bits per heavy atom. The molecule has 0 saturated heterocycles. The quantitative estimate of drug-likeness (QED) is 0.747. The summed E-state index contributed by atoms with van der Waals surface area (Å²) in [4.78, 5) is 8.48. The van der Waals surface area contributed by atoms with E-state index in [2.05, 4.69) is 9.97 Å². The second-order valence-electron chi connectivity index (χ2n) is 3.26. The van der Waals surface area contributed by atoms with Crippen molar-refractivity contribution in [2.24, 2.45) is 0 Å². The van der Waals surface area contributed by atoms with Crippen molar-refractivity contribution in [3.63, 3.8) is 0 Å². The molecule has 0 spiro atoms. The normalized spacial score (nSPS) is 10.0. The van der Waals surface area contributed by atoms with Crippen molar-refractivity contribution in [2.75, 3.05) is 7.11 Å². The lowest BCUT2D eigenvalue weighted by molar-refractivity contribution is 0.398. The van der Waals surface area contributed by atoms with E-state index in [9.17, 15) is 0 Å². The second kappa shape index (κ2) is 4.09. The Morgan fingerprint density at radius 2 is 2.00 bits per heavy atom. The van der Waals surface area contributed by atoms with Crippen molar-refractivity contribution >= 4 is 0 Å². The van der Waals surface area contributed by atoms with Crippen LogP contribution in [-0.4, -0.2) is 17.1 Å². The zero-order valence-corrected chi connectivity index (χ0v) is 8.77. The van der Waals surface area contributed by atoms with Crippen LogP contribution in [0.3, 0.4) is 0 Å². The number of pyridine rings is 2. The van der Waals surface area contributed by atoms with E-state index in [0.717, 1.165) is 16.8 Å². The summed E-state index contributed by atoms with van der Waals surface area (Å²) >= 11 is 0. The lowest BCUT2D eigenvalue weighted by Crippen LogP contribution is -1.90. The average Bonchev–Trinajstić information content (AvgIpc) is 2.30. The van der Waals surface area contributed by atoms with Crippen LogP contribution in [0.4, 0.5) is 0 Å². The Bertz CT molecular complexity index is 451. The predicted octanol–water partition coefficient (Wildman–Crippen LogP) is 2.46. The lowest BCUT2D eigenvalue weighted by atomic mass is 10.1. The van der Waals surface area contributed by atoms with E-state index in [1.54, 1.807) is 19.5 Å². The molecule has 76 valence electrons. The number of methoxy groups -OCH3 is 1. The summed E-state index contributed by atoms with van der Waals surface area (Å²) in [5.74, 6) is 0.618. The van der Waals surface area contributed by atoms with Gasteiger partial charge in [-0.3, -0.25) is 4.98 Å². The standard InChI is InChI=1S/C12H12N2O/c1-9-4-3-7-13-12(9)10-5-6-11(15-2)14-8-10/h3-8H,1-2H3. The number of rotatable bonds is 2. The minimum Gasteiger partial charge on any atom is -0.481 e. The van der Waals surface area contributed by atoms with E-state index < -0.39 is 0 Å². The average molecular weight is 200 g/mol. The molecule has 0 aliphatic rings. The Hall–Kier alpha value is -1.90. The SMILES string of the molecule is COc1ccc(-c2ncccc2C)cn1. The number of ether oxygens (including phenoxy) is 1. The maximum atomic E-state index is 5.00. The molecule has 2 rings (SSSR count). The first-order valence-corrected chi connectivity index (χ1v) is 4.73. The molecule has 2 aromatic rings. The van der Waals surface area contributed by atoms with E-state index in [4.69, 9.17) is 4.74 Å². The minimum atomic E-state index is 0.618. The summed E-state index contributed by atoms with van der Waals surface area (Å²) in [7, 11) is 1.61. The summed E-state index contributed by atoms with van der Waals surface area (Å²) in [5, 5.41) is 0. The first-order valence-electron chi connectivity index (χ1n) is 4.73. The largest absolute Gasteiger partial charge is 0.481 e. The van der Waals surface area contributed by atoms with Crippen molar-refractivity contribution in [3.8, 4) is 17.1 Å². The monoisotopic (exact) mass is 200 g/mol. The van der Waals surface area contributed by atoms with Crippen molar-refractivity contribution in [1.82, 2.24) is 9.97 Å². The van der Waals surface area contributed by atoms with Crippen LogP contribution in [0.1, 0.15) is 5.56 Å². The molecule has 0 saturated carbocycles. The van der Waals surface area contributed by atoms with Gasteiger partial charge in [0.1, 0.15) is 0 Å². The van der Waals surface area contributed by atoms with Crippen LogP contribution in [-0.2, 0) is 0 Å². The molecule has 0 fully saturated rings. The van der Waals surface area contributed by atoms with Gasteiger partial charge in [0.2, 0.25) is 5.88 Å². The van der Waals surface area contributed by atoms with Crippen LogP contribution < -0.4 is 4.74 Å². The van der Waals surface area contributed by atoms with Gasteiger partial charge in [-0.05, 0) is 24.6 Å². The molecule has 0 N–H and O–H groups in total. The highest BCUT2D eigenvalue weighted by Gasteiger charge is 2.02. The van der Waals surface area contributed by atoms with Gasteiger partial charge in [0, 0.05) is 24.0 Å². The third kappa shape index (κ3) is 1.96. The zero-order chi connectivity index (χ0) is 10.7. The van der Waals surface area contributed by atoms with Gasteiger partial charge in [0.15, 0.2) is 0 Å². The highest BCUT2D eigenvalue weighted by atomic mass is 16.5. The summed E-state index contributed by atoms with van der Waals surface area (Å²) in [6, 6.07) is 7.76. The van der Waals surface area contributed by atoms with Crippen molar-refractivity contribution < 1.29 is 4.74 Å². The van der Waals surface area contributed by atoms with Gasteiger partial charge in [-0.25, -0.2) is 4.98 Å². The molecule has 0 aliphatic heterocycles. The highest BCUT2D eigenvalue weighted by molar-refractivity contribution is 5.61. The molecular weight excluding hydrogens is 188 g/mol. The van der Waals surface area contributed by atoms with Gasteiger partial charge in [-0.15, -0.1) is 0 Å². The summed E-state index contributed by atoms with van der Waals surface area (Å²) in [5.41, 5.74) is 3.12. The van der Waals surface area contributed by atoms with Crippen molar-refractivity contribution in [2.45, 2.75) is 6.92 Å². The number of aromatic nitrogens is 2. The van der Waals surface area contributed by atoms with Gasteiger partial charge < -0.3 is 4.74 Å². The summed E-state index contributed by atoms with van der Waals surface area (Å²) in [6.07, 6.45) is 3.56. The van der Waals surface area contributed by atoms with E-state index in [1.165, 1.54) is 0 Å². The molecule has 0 amide bonds. The van der Waals surface area contributed by atoms with Crippen LogP contribution in [0.25, 0.3) is 11.3 Å². The maximum Gasteiger partial charge on any atom is 0.212 e. The molecule has 0 aliphatic carbocycles. The first-order chi connectivity index (χ1) is 7.31. The van der Waals surface area contributed by atoms with Crippen LogP contribution in [0.15, 0.2) is 36.7 Å². The summed E-state index contributed by atoms with van der Waals surface area (Å²) in [6.45, 7) is 2.03. The van der Waals surface area contributed by atoms with E-state index in [1.807, 2.05) is 31.2 Å². The van der Waals surface area contributed by atoms with Crippen LogP contribution in [0.2, 0.25) is 0 Å². The van der Waals surface area contributed by atoms with E-state index in [0.29, 0.717) is 5.88 Å². The Kier molecular flexibility index (Phi) is 2.63. The Labute approximate surface area is 88.8 Å². The van der Waals surface area contributed by atoms with Crippen LogP contribution >= 0.6 is 0 Å². The molecule has 15 heavy (non-hydrogen) atoms. The molecule has 0 atom stereocenters. The number of nitrogens with zero attached hydrogens (tertiary/aromatic N) is 2. The van der Waals surface area contributed by atoms with Gasteiger partial charge in [-0.1, -0.05) is 6.07 Å². The topological polar surface area (TPSA) is 35.0 Å². The first kappa shape index (κ1) is 9.65. The van der Waals surface area contributed by atoms with Crippen molar-refractivity contribution in [3.05, 3.63) is 42.2 Å². The van der Waals surface area contributed by atoms with Crippen LogP contribution in [0.5, 0.6) is 5.88 Å². The number of aryl methyl sites for hydroxylation is 1. The molecule has 3 heteroatoms. The highest BCUT2D eigenvalue weighted by Crippen LogP contribution is 2.20. The zero-order valence-electron chi connectivity index (χ0n) is 8.77. The molecule has 0 aromatic carbocycles. The van der Waals surface area contributed by atoms with E-state index in [-0.39, 0.29) is 0 Å². The third-order valence-corrected chi connectivity index (χ3v) is 2.23. The Balaban J connectivity index is 2.42. The lowest BCUT2D eigenvalue weighted by Gasteiger charge is -2.04. The predicted molar refractivity (Wildman–Crippen MR) is 58.8 cm³/mol. The number of hydrogen-bond acceptors (Lipinski definition) is 3. The van der Waals surface area contributed by atoms with Gasteiger partial charge in [0.25, 0.3) is 0 Å². The molecule has 3 nitrogen and oxygen atoms in total.